The van der Waals surface area contributed by atoms with E-state index in [0.29, 0.717) is 52.9 Å². The maximum absolute atomic E-state index is 13.6. The minimum Gasteiger partial charge on any atom is -0.480 e. The number of rotatable bonds is 10. The summed E-state index contributed by atoms with van der Waals surface area (Å²) in [5.74, 6) is -2.12. The molecule has 2 aliphatic heterocycles. The van der Waals surface area contributed by atoms with Gasteiger partial charge in [0.15, 0.2) is 0 Å². The summed E-state index contributed by atoms with van der Waals surface area (Å²) in [7, 11) is -4.27. The second-order valence-electron chi connectivity index (χ2n) is 9.53. The molecule has 1 atom stereocenters. The van der Waals surface area contributed by atoms with Crippen molar-refractivity contribution in [2.75, 3.05) is 50.7 Å². The van der Waals surface area contributed by atoms with Crippen LogP contribution in [-0.4, -0.2) is 98.9 Å². The molecule has 2 aliphatic rings. The molecule has 0 aliphatic carbocycles. The smallest absolute Gasteiger partial charge is 0.317 e. The molecule has 0 saturated carbocycles. The van der Waals surface area contributed by atoms with E-state index >= 15 is 0 Å². The van der Waals surface area contributed by atoms with E-state index in [9.17, 15) is 27.6 Å². The Morgan fingerprint density at radius 2 is 1.82 bits per heavy atom. The molecule has 12 nitrogen and oxygen atoms in total. The van der Waals surface area contributed by atoms with Crippen molar-refractivity contribution in [3.63, 3.8) is 0 Å². The van der Waals surface area contributed by atoms with Crippen LogP contribution in [0, 0.1) is 6.92 Å². The van der Waals surface area contributed by atoms with E-state index in [-0.39, 0.29) is 37.0 Å². The number of benzene rings is 1. The first kappa shape index (κ1) is 29.9. The molecule has 1 aromatic carbocycles. The topological polar surface area (TPSA) is 156 Å². The highest BCUT2D eigenvalue weighted by atomic mass is 35.5. The fraction of sp³-hybridized carbons (Fsp3) is 0.440. The van der Waals surface area contributed by atoms with E-state index in [4.69, 9.17) is 16.7 Å². The molecule has 0 radical (unpaired) electrons. The number of carboxylic acid groups (broad SMARTS) is 1. The van der Waals surface area contributed by atoms with Gasteiger partial charge in [0, 0.05) is 51.4 Å². The third-order valence-corrected chi connectivity index (χ3v) is 9.66. The van der Waals surface area contributed by atoms with Crippen molar-refractivity contribution in [1.29, 1.82) is 0 Å². The zero-order valence-corrected chi connectivity index (χ0v) is 24.1. The molecule has 3 N–H and O–H groups in total. The number of carboxylic acids is 1. The number of halogens is 1. The van der Waals surface area contributed by atoms with E-state index in [2.05, 4.69) is 10.0 Å². The van der Waals surface area contributed by atoms with Crippen LogP contribution in [0.25, 0.3) is 0 Å². The van der Waals surface area contributed by atoms with Gasteiger partial charge in [0.1, 0.15) is 6.04 Å². The Morgan fingerprint density at radius 1 is 1.10 bits per heavy atom. The zero-order valence-electron chi connectivity index (χ0n) is 21.8. The van der Waals surface area contributed by atoms with Gasteiger partial charge in [-0.25, -0.2) is 8.42 Å². The first-order chi connectivity index (χ1) is 19.0. The van der Waals surface area contributed by atoms with Gasteiger partial charge in [0.25, 0.3) is 5.91 Å². The maximum atomic E-state index is 13.6. The van der Waals surface area contributed by atoms with Crippen LogP contribution < -0.4 is 14.9 Å². The van der Waals surface area contributed by atoms with Gasteiger partial charge in [-0.05, 0) is 43.2 Å². The molecule has 2 aromatic rings. The second kappa shape index (κ2) is 12.6. The van der Waals surface area contributed by atoms with Gasteiger partial charge < -0.3 is 20.2 Å². The fourth-order valence-electron chi connectivity index (χ4n) is 4.78. The minimum absolute atomic E-state index is 0.0786. The summed E-state index contributed by atoms with van der Waals surface area (Å²) in [5.41, 5.74) is 0.863. The summed E-state index contributed by atoms with van der Waals surface area (Å²) in [4.78, 5) is 54.5. The molecule has 3 amide bonds. The SMILES string of the molecule is Cc1c(N2CCCC2=O)cccc1S(=O)(=O)NC(CNC(=O)c1ccc(Cl)s1)C(=O)N1CCN(CC(=O)O)CC1. The number of aliphatic carboxylic acids is 1. The van der Waals surface area contributed by atoms with Crippen molar-refractivity contribution in [1.82, 2.24) is 19.8 Å². The van der Waals surface area contributed by atoms with E-state index in [1.807, 2.05) is 0 Å². The lowest BCUT2D eigenvalue weighted by Crippen LogP contribution is -2.58. The van der Waals surface area contributed by atoms with Crippen LogP contribution >= 0.6 is 22.9 Å². The molecule has 4 rings (SSSR count). The van der Waals surface area contributed by atoms with E-state index in [0.717, 1.165) is 11.3 Å². The second-order valence-corrected chi connectivity index (χ2v) is 12.9. The largest absolute Gasteiger partial charge is 0.480 e. The number of sulfonamides is 1. The van der Waals surface area contributed by atoms with Gasteiger partial charge in [-0.1, -0.05) is 17.7 Å². The van der Waals surface area contributed by atoms with Crippen LogP contribution in [0.3, 0.4) is 0 Å². The molecule has 0 spiro atoms. The van der Waals surface area contributed by atoms with Crippen molar-refractivity contribution < 1.29 is 32.7 Å². The number of piperazine rings is 1. The summed E-state index contributed by atoms with van der Waals surface area (Å²) in [6.07, 6.45) is 1.07. The molecule has 40 heavy (non-hydrogen) atoms. The normalized spacial score (nSPS) is 17.2. The number of hydrogen-bond donors (Lipinski definition) is 3. The lowest BCUT2D eigenvalue weighted by molar-refractivity contribution is -0.139. The number of amides is 3. The third kappa shape index (κ3) is 6.99. The van der Waals surface area contributed by atoms with E-state index in [1.165, 1.54) is 17.0 Å². The van der Waals surface area contributed by atoms with Gasteiger partial charge in [-0.15, -0.1) is 11.3 Å². The van der Waals surface area contributed by atoms with Gasteiger partial charge in [0.2, 0.25) is 21.8 Å². The molecule has 0 bridgehead atoms. The first-order valence-corrected chi connectivity index (χ1v) is 15.3. The standard InChI is InChI=1S/C25H30ClN5O7S2/c1-16-18(31-9-3-6-22(31)32)4-2-5-20(16)40(37,38)28-17(14-27-24(35)19-7-8-21(26)39-19)25(36)30-12-10-29(11-13-30)15-23(33)34/h2,4-5,7-8,17,28H,3,6,9-15H2,1H3,(H,27,35)(H,33,34). The van der Waals surface area contributed by atoms with Crippen LogP contribution in [0.15, 0.2) is 35.2 Å². The molecule has 1 unspecified atom stereocenters. The van der Waals surface area contributed by atoms with Crippen LogP contribution in [0.1, 0.15) is 28.1 Å². The summed E-state index contributed by atoms with van der Waals surface area (Å²) in [6.45, 7) is 2.62. The first-order valence-electron chi connectivity index (χ1n) is 12.6. The average molecular weight is 612 g/mol. The molecule has 216 valence electrons. The monoisotopic (exact) mass is 611 g/mol. The molecule has 2 saturated heterocycles. The molecule has 2 fully saturated rings. The van der Waals surface area contributed by atoms with Crippen molar-refractivity contribution in [2.24, 2.45) is 0 Å². The predicted molar refractivity (Wildman–Crippen MR) is 149 cm³/mol. The molecule has 15 heteroatoms. The van der Waals surface area contributed by atoms with Crippen LogP contribution in [0.4, 0.5) is 5.69 Å². The number of carbonyl (C=O) groups excluding carboxylic acids is 3. The quantitative estimate of drug-likeness (QED) is 0.361. The van der Waals surface area contributed by atoms with Crippen LogP contribution in [0.5, 0.6) is 0 Å². The Bertz CT molecular complexity index is 1410. The number of hydrogen-bond acceptors (Lipinski definition) is 8. The Hall–Kier alpha value is -3.04. The van der Waals surface area contributed by atoms with Crippen molar-refractivity contribution in [3.8, 4) is 0 Å². The molecule has 3 heterocycles. The van der Waals surface area contributed by atoms with Gasteiger partial charge >= 0.3 is 5.97 Å². The molecular weight excluding hydrogens is 582 g/mol. The van der Waals surface area contributed by atoms with Crippen molar-refractivity contribution >= 4 is 62.3 Å². The maximum Gasteiger partial charge on any atom is 0.317 e. The summed E-state index contributed by atoms with van der Waals surface area (Å²) in [5, 5.41) is 11.7. The summed E-state index contributed by atoms with van der Waals surface area (Å²) < 4.78 is 30.1. The number of carbonyl (C=O) groups is 4. The Labute approximate surface area is 240 Å². The minimum atomic E-state index is -4.27. The predicted octanol–water partition coefficient (Wildman–Crippen LogP) is 1.14. The van der Waals surface area contributed by atoms with Gasteiger partial charge in [0.05, 0.1) is 20.7 Å². The Balaban J connectivity index is 1.55. The summed E-state index contributed by atoms with van der Waals surface area (Å²) in [6, 6.07) is 6.38. The Morgan fingerprint density at radius 3 is 2.42 bits per heavy atom. The number of thiophene rings is 1. The van der Waals surface area contributed by atoms with E-state index < -0.39 is 33.8 Å². The van der Waals surface area contributed by atoms with Gasteiger partial charge in [-0.2, -0.15) is 4.72 Å². The lowest BCUT2D eigenvalue weighted by atomic mass is 10.2. The molecular formula is C25H30ClN5O7S2. The Kier molecular flexibility index (Phi) is 9.46. The highest BCUT2D eigenvalue weighted by molar-refractivity contribution is 7.89. The van der Waals surface area contributed by atoms with Crippen LogP contribution in [0.2, 0.25) is 4.34 Å². The lowest BCUT2D eigenvalue weighted by Gasteiger charge is -2.35. The molecule has 1 aromatic heterocycles. The van der Waals surface area contributed by atoms with Crippen molar-refractivity contribution in [2.45, 2.75) is 30.7 Å². The number of nitrogens with zero attached hydrogens (tertiary/aromatic N) is 3. The van der Waals surface area contributed by atoms with Crippen molar-refractivity contribution in [3.05, 3.63) is 45.1 Å². The number of anilines is 1. The summed E-state index contributed by atoms with van der Waals surface area (Å²) >= 11 is 6.97. The highest BCUT2D eigenvalue weighted by Crippen LogP contribution is 2.29. The fourth-order valence-corrected chi connectivity index (χ4v) is 7.19. The van der Waals surface area contributed by atoms with Gasteiger partial charge in [-0.3, -0.25) is 24.1 Å². The zero-order chi connectivity index (χ0) is 29.0. The third-order valence-electron chi connectivity index (χ3n) is 6.81. The van der Waals surface area contributed by atoms with Crippen LogP contribution in [-0.2, 0) is 24.4 Å². The highest BCUT2D eigenvalue weighted by Gasteiger charge is 2.33. The number of nitrogens with one attached hydrogen (secondary N) is 2. The average Bonchev–Trinajstić information content (AvgIpc) is 3.54. The van der Waals surface area contributed by atoms with E-state index in [1.54, 1.807) is 34.9 Å².